The van der Waals surface area contributed by atoms with Crippen LogP contribution in [0.1, 0.15) is 23.0 Å². The van der Waals surface area contributed by atoms with Crippen molar-refractivity contribution in [1.82, 2.24) is 4.90 Å². The summed E-state index contributed by atoms with van der Waals surface area (Å²) in [6.45, 7) is 4.03. The third kappa shape index (κ3) is 4.64. The van der Waals surface area contributed by atoms with Gasteiger partial charge < -0.3 is 15.2 Å². The van der Waals surface area contributed by atoms with E-state index in [1.807, 2.05) is 41.8 Å². The van der Waals surface area contributed by atoms with Crippen molar-refractivity contribution in [3.05, 3.63) is 52.2 Å². The van der Waals surface area contributed by atoms with Crippen LogP contribution in [0.25, 0.3) is 0 Å². The van der Waals surface area contributed by atoms with Gasteiger partial charge in [0.15, 0.2) is 0 Å². The quantitative estimate of drug-likeness (QED) is 0.844. The molecule has 3 rings (SSSR count). The van der Waals surface area contributed by atoms with Gasteiger partial charge in [-0.05, 0) is 29.1 Å². The van der Waals surface area contributed by atoms with E-state index in [0.29, 0.717) is 6.42 Å². The molecule has 6 heteroatoms. The minimum atomic E-state index is -0.615. The van der Waals surface area contributed by atoms with E-state index < -0.39 is 6.10 Å². The van der Waals surface area contributed by atoms with Crippen molar-refractivity contribution in [2.75, 3.05) is 38.2 Å². The van der Waals surface area contributed by atoms with Gasteiger partial charge in [0.05, 0.1) is 13.2 Å². The molecule has 128 valence electrons. The second-order valence-electron chi connectivity index (χ2n) is 5.79. The number of carbonyl (C=O) groups is 1. The minimum Gasteiger partial charge on any atom is -0.383 e. The van der Waals surface area contributed by atoms with E-state index in [4.69, 9.17) is 4.74 Å². The molecule has 0 saturated carbocycles. The van der Waals surface area contributed by atoms with Gasteiger partial charge in [-0.15, -0.1) is 11.3 Å². The zero-order valence-corrected chi connectivity index (χ0v) is 14.3. The zero-order valence-electron chi connectivity index (χ0n) is 13.5. The molecule has 1 aromatic carbocycles. The van der Waals surface area contributed by atoms with E-state index >= 15 is 0 Å². The number of morpholine rings is 1. The van der Waals surface area contributed by atoms with E-state index in [9.17, 15) is 9.90 Å². The number of nitrogens with one attached hydrogen (secondary N) is 1. The van der Waals surface area contributed by atoms with Gasteiger partial charge in [-0.25, -0.2) is 0 Å². The first-order valence-electron chi connectivity index (χ1n) is 8.14. The molecule has 1 amide bonds. The number of aliphatic hydroxyl groups is 1. The Hall–Kier alpha value is -1.73. The van der Waals surface area contributed by atoms with Crippen molar-refractivity contribution in [2.45, 2.75) is 12.5 Å². The number of hydrogen-bond acceptors (Lipinski definition) is 5. The Bertz CT molecular complexity index is 637. The smallest absolute Gasteiger partial charge is 0.225 e. The van der Waals surface area contributed by atoms with Gasteiger partial charge in [0, 0.05) is 36.6 Å². The molecular weight excluding hydrogens is 324 g/mol. The average Bonchev–Trinajstić information content (AvgIpc) is 3.16. The van der Waals surface area contributed by atoms with Crippen LogP contribution in [0.2, 0.25) is 0 Å². The molecule has 0 aliphatic carbocycles. The summed E-state index contributed by atoms with van der Waals surface area (Å²) < 4.78 is 5.30. The lowest BCUT2D eigenvalue weighted by atomic mass is 10.1. The molecule has 1 aliphatic heterocycles. The molecule has 0 bridgehead atoms. The highest BCUT2D eigenvalue weighted by molar-refractivity contribution is 7.10. The summed E-state index contributed by atoms with van der Waals surface area (Å²) in [7, 11) is 0. The molecule has 1 fully saturated rings. The third-order valence-corrected chi connectivity index (χ3v) is 5.01. The van der Waals surface area contributed by atoms with Crippen LogP contribution < -0.4 is 5.32 Å². The van der Waals surface area contributed by atoms with Gasteiger partial charge in [-0.3, -0.25) is 9.69 Å². The lowest BCUT2D eigenvalue weighted by molar-refractivity contribution is -0.116. The van der Waals surface area contributed by atoms with Gasteiger partial charge in [-0.1, -0.05) is 18.2 Å². The average molecular weight is 346 g/mol. The SMILES string of the molecule is O=C(CCN1CCOCC1)Nc1ccc(C(O)c2cccs2)cc1. The van der Waals surface area contributed by atoms with Crippen molar-refractivity contribution in [3.63, 3.8) is 0 Å². The van der Waals surface area contributed by atoms with Crippen LogP contribution in [0.4, 0.5) is 5.69 Å². The number of carbonyl (C=O) groups excluding carboxylic acids is 1. The number of anilines is 1. The van der Waals surface area contributed by atoms with Crippen molar-refractivity contribution >= 4 is 22.9 Å². The fourth-order valence-corrected chi connectivity index (χ4v) is 3.40. The first kappa shape index (κ1) is 17.1. The summed E-state index contributed by atoms with van der Waals surface area (Å²) in [6, 6.07) is 11.2. The second kappa shape index (κ2) is 8.39. The largest absolute Gasteiger partial charge is 0.383 e. The van der Waals surface area contributed by atoms with E-state index in [2.05, 4.69) is 10.2 Å². The minimum absolute atomic E-state index is 0.00745. The van der Waals surface area contributed by atoms with Crippen molar-refractivity contribution in [2.24, 2.45) is 0 Å². The molecule has 1 aliphatic rings. The maximum Gasteiger partial charge on any atom is 0.225 e. The number of hydrogen-bond donors (Lipinski definition) is 2. The number of nitrogens with zero attached hydrogens (tertiary/aromatic N) is 1. The molecule has 2 N–H and O–H groups in total. The highest BCUT2D eigenvalue weighted by atomic mass is 32.1. The van der Waals surface area contributed by atoms with Crippen LogP contribution in [0.3, 0.4) is 0 Å². The highest BCUT2D eigenvalue weighted by Crippen LogP contribution is 2.26. The summed E-state index contributed by atoms with van der Waals surface area (Å²) in [5, 5.41) is 15.1. The van der Waals surface area contributed by atoms with E-state index in [0.717, 1.165) is 49.0 Å². The first-order chi connectivity index (χ1) is 11.7. The Morgan fingerprint density at radius 3 is 2.67 bits per heavy atom. The molecule has 5 nitrogen and oxygen atoms in total. The number of amides is 1. The number of thiophene rings is 1. The summed E-state index contributed by atoms with van der Waals surface area (Å²) >= 11 is 1.53. The van der Waals surface area contributed by atoms with Gasteiger partial charge in [0.1, 0.15) is 6.10 Å². The van der Waals surface area contributed by atoms with Gasteiger partial charge in [-0.2, -0.15) is 0 Å². The third-order valence-electron chi connectivity index (χ3n) is 4.08. The Morgan fingerprint density at radius 2 is 2.00 bits per heavy atom. The Labute approximate surface area is 145 Å². The van der Waals surface area contributed by atoms with Crippen molar-refractivity contribution < 1.29 is 14.6 Å². The summed E-state index contributed by atoms with van der Waals surface area (Å²) in [5.74, 6) is 0.00745. The predicted octanol–water partition coefficient (Wildman–Crippen LogP) is 2.49. The van der Waals surface area contributed by atoms with Crippen LogP contribution in [0.5, 0.6) is 0 Å². The standard InChI is InChI=1S/C18H22N2O3S/c21-17(7-8-20-9-11-23-12-10-20)19-15-5-3-14(4-6-15)18(22)16-2-1-13-24-16/h1-6,13,18,22H,7-12H2,(H,19,21). The molecule has 1 atom stereocenters. The Morgan fingerprint density at radius 1 is 1.25 bits per heavy atom. The molecule has 0 spiro atoms. The highest BCUT2D eigenvalue weighted by Gasteiger charge is 2.13. The van der Waals surface area contributed by atoms with Gasteiger partial charge in [0.25, 0.3) is 0 Å². The molecule has 1 unspecified atom stereocenters. The number of rotatable bonds is 6. The first-order valence-corrected chi connectivity index (χ1v) is 9.02. The summed E-state index contributed by atoms with van der Waals surface area (Å²) in [6.07, 6.45) is -0.143. The van der Waals surface area contributed by atoms with Crippen LogP contribution in [0.15, 0.2) is 41.8 Å². The maximum atomic E-state index is 12.0. The molecule has 0 radical (unpaired) electrons. The number of aliphatic hydroxyl groups excluding tert-OH is 1. The maximum absolute atomic E-state index is 12.0. The van der Waals surface area contributed by atoms with Crippen LogP contribution in [-0.2, 0) is 9.53 Å². The van der Waals surface area contributed by atoms with Gasteiger partial charge in [0.2, 0.25) is 5.91 Å². The molecule has 2 heterocycles. The lowest BCUT2D eigenvalue weighted by Gasteiger charge is -2.26. The van der Waals surface area contributed by atoms with Crippen molar-refractivity contribution in [1.29, 1.82) is 0 Å². The lowest BCUT2D eigenvalue weighted by Crippen LogP contribution is -2.38. The van der Waals surface area contributed by atoms with Crippen molar-refractivity contribution in [3.8, 4) is 0 Å². The molecule has 2 aromatic rings. The number of ether oxygens (including phenoxy) is 1. The Kier molecular flexibility index (Phi) is 5.98. The fraction of sp³-hybridized carbons (Fsp3) is 0.389. The summed E-state index contributed by atoms with van der Waals surface area (Å²) in [5.41, 5.74) is 1.58. The Balaban J connectivity index is 1.49. The van der Waals surface area contributed by atoms with E-state index in [1.54, 1.807) is 0 Å². The molecule has 24 heavy (non-hydrogen) atoms. The number of benzene rings is 1. The second-order valence-corrected chi connectivity index (χ2v) is 6.77. The van der Waals surface area contributed by atoms with Gasteiger partial charge >= 0.3 is 0 Å². The zero-order chi connectivity index (χ0) is 16.8. The topological polar surface area (TPSA) is 61.8 Å². The predicted molar refractivity (Wildman–Crippen MR) is 95.3 cm³/mol. The van der Waals surface area contributed by atoms with Crippen LogP contribution >= 0.6 is 11.3 Å². The van der Waals surface area contributed by atoms with E-state index in [-0.39, 0.29) is 5.91 Å². The normalized spacial score (nSPS) is 16.7. The molecule has 1 aromatic heterocycles. The monoisotopic (exact) mass is 346 g/mol. The van der Waals surface area contributed by atoms with Crippen LogP contribution in [-0.4, -0.2) is 48.8 Å². The van der Waals surface area contributed by atoms with E-state index in [1.165, 1.54) is 11.3 Å². The summed E-state index contributed by atoms with van der Waals surface area (Å²) in [4.78, 5) is 15.2. The fourth-order valence-electron chi connectivity index (χ4n) is 2.67. The molecular formula is C18H22N2O3S. The molecule has 1 saturated heterocycles. The van der Waals surface area contributed by atoms with Crippen LogP contribution in [0, 0.1) is 0 Å².